The maximum Gasteiger partial charge on any atom is 0.341 e. The lowest BCUT2D eigenvalue weighted by atomic mass is 10.0. The van der Waals surface area contributed by atoms with E-state index >= 15 is 0 Å². The Balaban J connectivity index is 3.47. The minimum Gasteiger partial charge on any atom is -0.465 e. The number of esters is 1. The van der Waals surface area contributed by atoms with Crippen molar-refractivity contribution in [1.29, 1.82) is 0 Å². The van der Waals surface area contributed by atoms with Crippen LogP contribution in [0, 0.1) is 25.5 Å². The van der Waals surface area contributed by atoms with Gasteiger partial charge in [0.15, 0.2) is 0 Å². The number of carbonyl (C=O) groups excluding carboxylic acids is 1. The molecular weight excluding hydrogens is 190 g/mol. The highest BCUT2D eigenvalue weighted by Gasteiger charge is 2.20. The van der Waals surface area contributed by atoms with Gasteiger partial charge in [-0.1, -0.05) is 0 Å². The maximum atomic E-state index is 13.4. The molecule has 0 spiro atoms. The van der Waals surface area contributed by atoms with Crippen molar-refractivity contribution >= 4 is 5.97 Å². The summed E-state index contributed by atoms with van der Waals surface area (Å²) in [4.78, 5) is 11.1. The molecule has 0 radical (unpaired) electrons. The van der Waals surface area contributed by atoms with E-state index in [1.165, 1.54) is 13.8 Å². The Morgan fingerprint density at radius 2 is 1.93 bits per heavy atom. The molecule has 0 aliphatic rings. The molecule has 0 unspecified atom stereocenters. The summed E-state index contributed by atoms with van der Waals surface area (Å²) in [5.41, 5.74) is -0.265. The first-order valence-corrected chi connectivity index (χ1v) is 4.02. The van der Waals surface area contributed by atoms with Crippen molar-refractivity contribution in [3.05, 3.63) is 34.4 Å². The normalized spacial score (nSPS) is 10.1. The predicted octanol–water partition coefficient (Wildman–Crippen LogP) is 2.37. The number of hydrogen-bond acceptors (Lipinski definition) is 2. The Kier molecular flexibility index (Phi) is 2.84. The van der Waals surface area contributed by atoms with Crippen LogP contribution in [-0.4, -0.2) is 13.1 Å². The van der Waals surface area contributed by atoms with Gasteiger partial charge in [0.2, 0.25) is 0 Å². The molecule has 0 N–H and O–H groups in total. The van der Waals surface area contributed by atoms with E-state index in [1.54, 1.807) is 0 Å². The average Bonchev–Trinajstić information content (AvgIpc) is 2.15. The van der Waals surface area contributed by atoms with Gasteiger partial charge in [-0.3, -0.25) is 0 Å². The number of hydrogen-bond donors (Lipinski definition) is 0. The topological polar surface area (TPSA) is 26.3 Å². The molecule has 0 aliphatic carbocycles. The number of aryl methyl sites for hydroxylation is 1. The van der Waals surface area contributed by atoms with Crippen molar-refractivity contribution < 1.29 is 18.3 Å². The molecule has 0 aromatic heterocycles. The predicted molar refractivity (Wildman–Crippen MR) is 47.2 cm³/mol. The summed E-state index contributed by atoms with van der Waals surface area (Å²) in [6, 6.07) is 1.05. The van der Waals surface area contributed by atoms with Gasteiger partial charge in [0.05, 0.1) is 7.11 Å². The van der Waals surface area contributed by atoms with Crippen molar-refractivity contribution in [3.8, 4) is 0 Å². The second-order valence-electron chi connectivity index (χ2n) is 2.98. The van der Waals surface area contributed by atoms with E-state index in [-0.39, 0.29) is 16.7 Å². The maximum absolute atomic E-state index is 13.4. The second-order valence-corrected chi connectivity index (χ2v) is 2.98. The number of carbonyl (C=O) groups is 1. The van der Waals surface area contributed by atoms with Crippen molar-refractivity contribution in [2.75, 3.05) is 7.11 Å². The minimum absolute atomic E-state index is 0.0278. The van der Waals surface area contributed by atoms with Crippen LogP contribution in [0.25, 0.3) is 0 Å². The van der Waals surface area contributed by atoms with Crippen LogP contribution < -0.4 is 0 Å². The Labute approximate surface area is 80.5 Å². The standard InChI is InChI=1S/C10H10F2O2/c1-5-4-7(11)6(2)8(9(5)12)10(13)14-3/h4H,1-3H3. The van der Waals surface area contributed by atoms with Gasteiger partial charge in [-0.2, -0.15) is 0 Å². The summed E-state index contributed by atoms with van der Waals surface area (Å²) < 4.78 is 30.9. The van der Waals surface area contributed by atoms with Gasteiger partial charge >= 0.3 is 5.97 Å². The third kappa shape index (κ3) is 1.60. The largest absolute Gasteiger partial charge is 0.465 e. The molecule has 4 heteroatoms. The molecule has 76 valence electrons. The van der Waals surface area contributed by atoms with Gasteiger partial charge in [-0.15, -0.1) is 0 Å². The average molecular weight is 200 g/mol. The van der Waals surface area contributed by atoms with E-state index < -0.39 is 17.6 Å². The van der Waals surface area contributed by atoms with Crippen molar-refractivity contribution in [3.63, 3.8) is 0 Å². The highest BCUT2D eigenvalue weighted by molar-refractivity contribution is 5.91. The SMILES string of the molecule is COC(=O)c1c(C)c(F)cc(C)c1F. The highest BCUT2D eigenvalue weighted by atomic mass is 19.1. The summed E-state index contributed by atoms with van der Waals surface area (Å²) in [5, 5.41) is 0. The molecule has 0 aliphatic heterocycles. The van der Waals surface area contributed by atoms with Crippen LogP contribution in [0.3, 0.4) is 0 Å². The monoisotopic (exact) mass is 200 g/mol. The van der Waals surface area contributed by atoms with Gasteiger partial charge in [-0.05, 0) is 25.5 Å². The summed E-state index contributed by atoms with van der Waals surface area (Å²) >= 11 is 0. The summed E-state index contributed by atoms with van der Waals surface area (Å²) in [6.45, 7) is 2.73. The third-order valence-corrected chi connectivity index (χ3v) is 2.03. The Hall–Kier alpha value is -1.45. The van der Waals surface area contributed by atoms with E-state index in [1.807, 2.05) is 0 Å². The first kappa shape index (κ1) is 10.6. The Morgan fingerprint density at radius 3 is 2.43 bits per heavy atom. The molecule has 14 heavy (non-hydrogen) atoms. The highest BCUT2D eigenvalue weighted by Crippen LogP contribution is 2.20. The molecule has 0 saturated carbocycles. The zero-order valence-electron chi connectivity index (χ0n) is 8.15. The number of benzene rings is 1. The molecule has 0 fully saturated rings. The van der Waals surface area contributed by atoms with Crippen LogP contribution in [0.1, 0.15) is 21.5 Å². The van der Waals surface area contributed by atoms with Crippen molar-refractivity contribution in [2.24, 2.45) is 0 Å². The molecule has 0 saturated heterocycles. The lowest BCUT2D eigenvalue weighted by Crippen LogP contribution is -2.10. The van der Waals surface area contributed by atoms with E-state index in [0.29, 0.717) is 0 Å². The van der Waals surface area contributed by atoms with Crippen molar-refractivity contribution in [1.82, 2.24) is 0 Å². The van der Waals surface area contributed by atoms with Gasteiger partial charge in [-0.25, -0.2) is 13.6 Å². The molecule has 2 nitrogen and oxygen atoms in total. The van der Waals surface area contributed by atoms with Crippen LogP contribution in [0.4, 0.5) is 8.78 Å². The zero-order chi connectivity index (χ0) is 10.9. The van der Waals surface area contributed by atoms with Crippen molar-refractivity contribution in [2.45, 2.75) is 13.8 Å². The smallest absolute Gasteiger partial charge is 0.341 e. The van der Waals surface area contributed by atoms with Crippen LogP contribution in [0.15, 0.2) is 6.07 Å². The van der Waals surface area contributed by atoms with Crippen LogP contribution in [-0.2, 0) is 4.74 Å². The summed E-state index contributed by atoms with van der Waals surface area (Å²) in [6.07, 6.45) is 0. The molecule has 0 bridgehead atoms. The summed E-state index contributed by atoms with van der Waals surface area (Å²) in [7, 11) is 1.13. The first-order valence-electron chi connectivity index (χ1n) is 4.02. The van der Waals surface area contributed by atoms with Gasteiger partial charge in [0.25, 0.3) is 0 Å². The molecule has 0 heterocycles. The number of halogens is 2. The summed E-state index contributed by atoms with van der Waals surface area (Å²) in [5.74, 6) is -2.19. The van der Waals surface area contributed by atoms with Gasteiger partial charge < -0.3 is 4.74 Å². The fourth-order valence-corrected chi connectivity index (χ4v) is 1.19. The van der Waals surface area contributed by atoms with Crippen LogP contribution >= 0.6 is 0 Å². The molecule has 0 atom stereocenters. The fourth-order valence-electron chi connectivity index (χ4n) is 1.19. The third-order valence-electron chi connectivity index (χ3n) is 2.03. The fraction of sp³-hybridized carbons (Fsp3) is 0.300. The molecule has 0 amide bonds. The number of rotatable bonds is 1. The molecule has 1 rings (SSSR count). The Bertz CT molecular complexity index is 360. The molecular formula is C10H10F2O2. The van der Waals surface area contributed by atoms with Gasteiger partial charge in [0.1, 0.15) is 17.2 Å². The van der Waals surface area contributed by atoms with E-state index in [2.05, 4.69) is 4.74 Å². The number of methoxy groups -OCH3 is 1. The Morgan fingerprint density at radius 1 is 1.36 bits per heavy atom. The lowest BCUT2D eigenvalue weighted by Gasteiger charge is -2.08. The van der Waals surface area contributed by atoms with Crippen LogP contribution in [0.5, 0.6) is 0 Å². The van der Waals surface area contributed by atoms with Gasteiger partial charge in [0, 0.05) is 5.56 Å². The van der Waals surface area contributed by atoms with E-state index in [4.69, 9.17) is 0 Å². The second kappa shape index (κ2) is 3.74. The number of ether oxygens (including phenoxy) is 1. The quantitative estimate of drug-likeness (QED) is 0.650. The zero-order valence-corrected chi connectivity index (χ0v) is 8.15. The van der Waals surface area contributed by atoms with E-state index in [9.17, 15) is 13.6 Å². The van der Waals surface area contributed by atoms with E-state index in [0.717, 1.165) is 13.2 Å². The molecule has 1 aromatic rings. The van der Waals surface area contributed by atoms with Crippen LogP contribution in [0.2, 0.25) is 0 Å². The first-order chi connectivity index (χ1) is 6.49. The lowest BCUT2D eigenvalue weighted by molar-refractivity contribution is 0.0593. The minimum atomic E-state index is -0.859. The molecule has 1 aromatic carbocycles.